The van der Waals surface area contributed by atoms with E-state index in [0.29, 0.717) is 30.7 Å². The van der Waals surface area contributed by atoms with Gasteiger partial charge in [0, 0.05) is 36.1 Å². The molecule has 0 N–H and O–H groups in total. The summed E-state index contributed by atoms with van der Waals surface area (Å²) in [7, 11) is 1.83. The van der Waals surface area contributed by atoms with Crippen LogP contribution in [0.1, 0.15) is 54.9 Å². The maximum absolute atomic E-state index is 9.94. The summed E-state index contributed by atoms with van der Waals surface area (Å²) in [4.78, 5) is 2.81. The molecule has 2 aromatic rings. The van der Waals surface area contributed by atoms with Crippen molar-refractivity contribution in [1.29, 1.82) is 5.26 Å². The monoisotopic (exact) mass is 484 g/mol. The molecule has 5 nitrogen and oxygen atoms in total. The molecule has 2 bridgehead atoms. The molecule has 5 aliphatic rings. The molecule has 7 rings (SSSR count). The van der Waals surface area contributed by atoms with Crippen molar-refractivity contribution in [1.82, 2.24) is 4.90 Å². The predicted octanol–water partition coefficient (Wildman–Crippen LogP) is 4.86. The van der Waals surface area contributed by atoms with Gasteiger partial charge in [0.05, 0.1) is 18.8 Å². The van der Waals surface area contributed by atoms with Gasteiger partial charge in [0.1, 0.15) is 24.0 Å². The number of rotatable bonds is 7. The molecule has 6 atom stereocenters. The molecule has 1 saturated heterocycles. The van der Waals surface area contributed by atoms with Crippen molar-refractivity contribution in [2.45, 2.75) is 69.3 Å². The van der Waals surface area contributed by atoms with Crippen LogP contribution in [0.25, 0.3) is 0 Å². The van der Waals surface area contributed by atoms with Gasteiger partial charge in [-0.3, -0.25) is 4.90 Å². The molecule has 3 aliphatic carbocycles. The lowest BCUT2D eigenvalue weighted by atomic mass is 9.47. The van der Waals surface area contributed by atoms with E-state index in [9.17, 15) is 5.26 Å². The average Bonchev–Trinajstić information content (AvgIpc) is 3.64. The number of piperidine rings is 1. The van der Waals surface area contributed by atoms with E-state index in [1.165, 1.54) is 36.1 Å². The van der Waals surface area contributed by atoms with Crippen LogP contribution < -0.4 is 4.74 Å². The fourth-order valence-electron chi connectivity index (χ4n) is 8.34. The highest BCUT2D eigenvalue weighted by atomic mass is 16.5. The summed E-state index contributed by atoms with van der Waals surface area (Å²) in [5.74, 6) is 2.20. The van der Waals surface area contributed by atoms with Crippen molar-refractivity contribution in [2.24, 2.45) is 17.3 Å². The van der Waals surface area contributed by atoms with Crippen molar-refractivity contribution in [3.8, 4) is 11.8 Å². The summed E-state index contributed by atoms with van der Waals surface area (Å²) in [6.45, 7) is 5.93. The van der Waals surface area contributed by atoms with Crippen LogP contribution in [0.15, 0.2) is 42.5 Å². The first-order valence-corrected chi connectivity index (χ1v) is 13.7. The maximum Gasteiger partial charge on any atom is 0.141 e. The molecular weight excluding hydrogens is 448 g/mol. The molecule has 0 radical (unpaired) electrons. The second kappa shape index (κ2) is 8.31. The average molecular weight is 485 g/mol. The summed E-state index contributed by atoms with van der Waals surface area (Å²) >= 11 is 0. The van der Waals surface area contributed by atoms with Crippen LogP contribution in [-0.4, -0.2) is 50.0 Å². The van der Waals surface area contributed by atoms with E-state index in [4.69, 9.17) is 14.2 Å². The Kier molecular flexibility index (Phi) is 5.26. The molecular formula is C31H36N2O3. The number of benzene rings is 2. The fraction of sp³-hybridized carbons (Fsp3) is 0.581. The highest BCUT2D eigenvalue weighted by molar-refractivity contribution is 5.61. The first-order valence-electron chi connectivity index (χ1n) is 13.7. The van der Waals surface area contributed by atoms with Crippen molar-refractivity contribution >= 4 is 0 Å². The van der Waals surface area contributed by atoms with Crippen LogP contribution in [0, 0.1) is 28.6 Å². The molecule has 2 aliphatic heterocycles. The van der Waals surface area contributed by atoms with E-state index < -0.39 is 0 Å². The first kappa shape index (κ1) is 22.8. The van der Waals surface area contributed by atoms with Crippen molar-refractivity contribution < 1.29 is 14.2 Å². The molecule has 0 amide bonds. The van der Waals surface area contributed by atoms with E-state index in [2.05, 4.69) is 48.2 Å². The van der Waals surface area contributed by atoms with Crippen LogP contribution in [-0.2, 0) is 27.9 Å². The van der Waals surface area contributed by atoms with Crippen molar-refractivity contribution in [3.05, 3.63) is 64.7 Å². The standard InChI is InChI=1S/C31H36N2O3/c1-30(19-35-18-21-6-4-3-5-7-21)15-24-25-14-22-10-11-23(16-32)27-26(22)31(24,29(36-27)28(30)34-2)12-13-33(25)17-20-8-9-20/h3-7,10-11,20,24-25,28-29H,8-9,12-15,17-19H2,1-2H3. The Hall–Kier alpha value is -2.39. The molecule has 1 spiro atoms. The summed E-state index contributed by atoms with van der Waals surface area (Å²) in [5.41, 5.74) is 4.36. The topological polar surface area (TPSA) is 54.7 Å². The van der Waals surface area contributed by atoms with E-state index in [-0.39, 0.29) is 23.0 Å². The minimum absolute atomic E-state index is 0.0693. The van der Waals surface area contributed by atoms with Crippen LogP contribution in [0.3, 0.4) is 0 Å². The van der Waals surface area contributed by atoms with E-state index in [1.54, 1.807) is 0 Å². The lowest BCUT2D eigenvalue weighted by molar-refractivity contribution is -0.189. The number of methoxy groups -OCH3 is 1. The van der Waals surface area contributed by atoms with Gasteiger partial charge in [0.2, 0.25) is 0 Å². The Balaban J connectivity index is 1.27. The van der Waals surface area contributed by atoms with E-state index in [0.717, 1.165) is 37.5 Å². The maximum atomic E-state index is 9.94. The minimum Gasteiger partial charge on any atom is -0.485 e. The van der Waals surface area contributed by atoms with Gasteiger partial charge in [0.25, 0.3) is 0 Å². The lowest BCUT2D eigenvalue weighted by Gasteiger charge is -2.63. The quantitative estimate of drug-likeness (QED) is 0.562. The highest BCUT2D eigenvalue weighted by Gasteiger charge is 2.70. The second-order valence-corrected chi connectivity index (χ2v) is 12.2. The third kappa shape index (κ3) is 3.24. The zero-order chi connectivity index (χ0) is 24.5. The third-order valence-electron chi connectivity index (χ3n) is 10.1. The van der Waals surface area contributed by atoms with Gasteiger partial charge in [-0.15, -0.1) is 0 Å². The summed E-state index contributed by atoms with van der Waals surface area (Å²) < 4.78 is 19.6. The zero-order valence-corrected chi connectivity index (χ0v) is 21.4. The van der Waals surface area contributed by atoms with Gasteiger partial charge >= 0.3 is 0 Å². The van der Waals surface area contributed by atoms with Crippen LogP contribution in [0.4, 0.5) is 0 Å². The number of likely N-dealkylation sites (tertiary alicyclic amines) is 1. The van der Waals surface area contributed by atoms with Gasteiger partial charge in [-0.05, 0) is 67.7 Å². The number of hydrogen-bond donors (Lipinski definition) is 0. The normalized spacial score (nSPS) is 36.1. The molecule has 2 aromatic carbocycles. The minimum atomic E-state index is -0.171. The highest BCUT2D eigenvalue weighted by Crippen LogP contribution is 2.66. The fourth-order valence-corrected chi connectivity index (χ4v) is 8.34. The molecule has 2 saturated carbocycles. The molecule has 0 aromatic heterocycles. The van der Waals surface area contributed by atoms with Gasteiger partial charge in [-0.1, -0.05) is 43.3 Å². The number of ether oxygens (including phenoxy) is 3. The van der Waals surface area contributed by atoms with Crippen LogP contribution in [0.2, 0.25) is 0 Å². The Labute approximate surface area is 214 Å². The second-order valence-electron chi connectivity index (χ2n) is 12.2. The number of nitriles is 1. The molecule has 5 heteroatoms. The zero-order valence-electron chi connectivity index (χ0n) is 21.4. The Bertz CT molecular complexity index is 1200. The SMILES string of the molecule is COC1C2Oc3c(C#N)ccc4c3C23CCN(CC2CC2)C(C4)C3CC1(C)COCc1ccccc1. The molecule has 188 valence electrons. The van der Waals surface area contributed by atoms with Gasteiger partial charge in [-0.2, -0.15) is 5.26 Å². The Morgan fingerprint density at radius 3 is 2.75 bits per heavy atom. The summed E-state index contributed by atoms with van der Waals surface area (Å²) in [6.07, 6.45) is 5.79. The number of nitrogens with zero attached hydrogens (tertiary/aromatic N) is 2. The Morgan fingerprint density at radius 1 is 1.17 bits per heavy atom. The van der Waals surface area contributed by atoms with E-state index in [1.807, 2.05) is 19.2 Å². The van der Waals surface area contributed by atoms with Crippen molar-refractivity contribution in [3.63, 3.8) is 0 Å². The molecule has 3 fully saturated rings. The molecule has 6 unspecified atom stereocenters. The first-order chi connectivity index (χ1) is 17.6. The van der Waals surface area contributed by atoms with Gasteiger partial charge < -0.3 is 14.2 Å². The lowest BCUT2D eigenvalue weighted by Crippen LogP contribution is -2.71. The van der Waals surface area contributed by atoms with Crippen molar-refractivity contribution in [2.75, 3.05) is 26.8 Å². The predicted molar refractivity (Wildman–Crippen MR) is 137 cm³/mol. The smallest absolute Gasteiger partial charge is 0.141 e. The largest absolute Gasteiger partial charge is 0.485 e. The Morgan fingerprint density at radius 2 is 2.00 bits per heavy atom. The summed E-state index contributed by atoms with van der Waals surface area (Å²) in [6, 6.07) is 17.5. The van der Waals surface area contributed by atoms with Gasteiger partial charge in [-0.25, -0.2) is 0 Å². The van der Waals surface area contributed by atoms with E-state index >= 15 is 0 Å². The molecule has 2 heterocycles. The number of hydrogen-bond acceptors (Lipinski definition) is 5. The summed E-state index contributed by atoms with van der Waals surface area (Å²) in [5, 5.41) is 9.94. The van der Waals surface area contributed by atoms with Crippen LogP contribution >= 0.6 is 0 Å². The van der Waals surface area contributed by atoms with Crippen LogP contribution in [0.5, 0.6) is 5.75 Å². The van der Waals surface area contributed by atoms with Gasteiger partial charge in [0.15, 0.2) is 0 Å². The molecule has 36 heavy (non-hydrogen) atoms. The third-order valence-corrected chi connectivity index (χ3v) is 10.1.